The highest BCUT2D eigenvalue weighted by Gasteiger charge is 2.18. The Hall–Kier alpha value is -3.39. The van der Waals surface area contributed by atoms with Gasteiger partial charge in [-0.25, -0.2) is 9.78 Å². The molecule has 0 atom stereocenters. The summed E-state index contributed by atoms with van der Waals surface area (Å²) in [7, 11) is 3.08. The van der Waals surface area contributed by atoms with Crippen LogP contribution in [0.1, 0.15) is 31.0 Å². The van der Waals surface area contributed by atoms with Crippen molar-refractivity contribution in [1.29, 1.82) is 0 Å². The Kier molecular flexibility index (Phi) is 5.88. The summed E-state index contributed by atoms with van der Waals surface area (Å²) in [5, 5.41) is 1.05. The molecule has 0 aliphatic heterocycles. The van der Waals surface area contributed by atoms with Gasteiger partial charge in [0.25, 0.3) is 11.1 Å². The van der Waals surface area contributed by atoms with E-state index in [-0.39, 0.29) is 22.7 Å². The normalized spacial score (nSPS) is 11.4. The maximum Gasteiger partial charge on any atom is 0.330 e. The van der Waals surface area contributed by atoms with E-state index in [1.165, 1.54) is 29.4 Å². The molecule has 7 nitrogen and oxygen atoms in total. The van der Waals surface area contributed by atoms with Gasteiger partial charge in [-0.15, -0.1) is 0 Å². The number of rotatable bonds is 5. The molecule has 0 radical (unpaired) electrons. The summed E-state index contributed by atoms with van der Waals surface area (Å²) in [6.07, 6.45) is 0. The quantitative estimate of drug-likeness (QED) is 0.346. The number of hydrogen-bond acceptors (Lipinski definition) is 5. The first-order valence-electron chi connectivity index (χ1n) is 10.3. The molecule has 0 saturated carbocycles. The number of fused-ring (bicyclic) bond motifs is 1. The molecule has 0 fully saturated rings. The molecule has 4 aromatic rings. The molecule has 0 bridgehead atoms. The molecule has 0 aliphatic carbocycles. The topological polar surface area (TPSA) is 78.9 Å². The average Bonchev–Trinajstić information content (AvgIpc) is 2.79. The van der Waals surface area contributed by atoms with Gasteiger partial charge >= 0.3 is 5.69 Å². The van der Waals surface area contributed by atoms with E-state index in [1.807, 2.05) is 42.5 Å². The SMILES string of the molecule is CC(C)c1ccccc1-n1c(SCc2cc(=O)n(C)c(=O)n2C)nc2ccccc2c1=O. The second kappa shape index (κ2) is 8.63. The fraction of sp³-hybridized carbons (Fsp3) is 0.250. The van der Waals surface area contributed by atoms with Crippen molar-refractivity contribution in [2.45, 2.75) is 30.7 Å². The Morgan fingerprint density at radius 1 is 0.938 bits per heavy atom. The van der Waals surface area contributed by atoms with Crippen LogP contribution in [-0.4, -0.2) is 18.7 Å². The molecule has 8 heteroatoms. The summed E-state index contributed by atoms with van der Waals surface area (Å²) >= 11 is 1.33. The largest absolute Gasteiger partial charge is 0.330 e. The molecule has 0 amide bonds. The van der Waals surface area contributed by atoms with Gasteiger partial charge < -0.3 is 0 Å². The number of hydrogen-bond donors (Lipinski definition) is 0. The van der Waals surface area contributed by atoms with Crippen LogP contribution < -0.4 is 16.8 Å². The molecule has 2 aromatic carbocycles. The van der Waals surface area contributed by atoms with Crippen molar-refractivity contribution in [3.63, 3.8) is 0 Å². The fourth-order valence-electron chi connectivity index (χ4n) is 3.66. The van der Waals surface area contributed by atoms with E-state index >= 15 is 0 Å². The standard InChI is InChI=1S/C24H24N4O3S/c1-15(2)17-9-6-8-12-20(17)28-22(30)18-10-5-7-11-19(18)25-23(28)32-14-16-13-21(29)27(4)24(31)26(16)3/h5-13,15H,14H2,1-4H3. The highest BCUT2D eigenvalue weighted by atomic mass is 32.2. The van der Waals surface area contributed by atoms with E-state index in [0.717, 1.165) is 15.8 Å². The van der Waals surface area contributed by atoms with Crippen LogP contribution in [0.2, 0.25) is 0 Å². The highest BCUT2D eigenvalue weighted by molar-refractivity contribution is 7.98. The van der Waals surface area contributed by atoms with Gasteiger partial charge in [-0.2, -0.15) is 0 Å². The van der Waals surface area contributed by atoms with Crippen molar-refractivity contribution in [3.05, 3.63) is 97.0 Å². The van der Waals surface area contributed by atoms with Crippen LogP contribution in [0.4, 0.5) is 0 Å². The van der Waals surface area contributed by atoms with Crippen LogP contribution in [0.5, 0.6) is 0 Å². The molecule has 4 rings (SSSR count). The third-order valence-corrected chi connectivity index (χ3v) is 6.49. The lowest BCUT2D eigenvalue weighted by atomic mass is 10.0. The molecular weight excluding hydrogens is 424 g/mol. The third-order valence-electron chi connectivity index (χ3n) is 5.52. The number of para-hydroxylation sites is 2. The molecule has 0 spiro atoms. The van der Waals surface area contributed by atoms with Crippen LogP contribution in [0.25, 0.3) is 16.6 Å². The minimum Gasteiger partial charge on any atom is -0.300 e. The minimum atomic E-state index is -0.387. The second-order valence-electron chi connectivity index (χ2n) is 7.93. The smallest absolute Gasteiger partial charge is 0.300 e. The molecule has 0 N–H and O–H groups in total. The molecular formula is C24H24N4O3S. The zero-order valence-corrected chi connectivity index (χ0v) is 19.2. The van der Waals surface area contributed by atoms with E-state index in [4.69, 9.17) is 4.98 Å². The summed E-state index contributed by atoms with van der Waals surface area (Å²) in [5.41, 5.74) is 2.09. The molecule has 0 saturated heterocycles. The zero-order chi connectivity index (χ0) is 23.0. The summed E-state index contributed by atoms with van der Waals surface area (Å²) in [6.45, 7) is 4.17. The van der Waals surface area contributed by atoms with Crippen LogP contribution in [-0.2, 0) is 19.8 Å². The lowest BCUT2D eigenvalue weighted by Gasteiger charge is -2.18. The molecule has 2 aromatic heterocycles. The van der Waals surface area contributed by atoms with Crippen LogP contribution in [0, 0.1) is 0 Å². The van der Waals surface area contributed by atoms with Gasteiger partial charge in [-0.3, -0.25) is 23.3 Å². The van der Waals surface area contributed by atoms with Crippen LogP contribution >= 0.6 is 11.8 Å². The Bertz CT molecular complexity index is 1500. The Morgan fingerprint density at radius 3 is 2.38 bits per heavy atom. The Balaban J connectivity index is 1.91. The maximum atomic E-state index is 13.6. The van der Waals surface area contributed by atoms with E-state index in [1.54, 1.807) is 17.7 Å². The monoisotopic (exact) mass is 448 g/mol. The minimum absolute atomic E-state index is 0.149. The van der Waals surface area contributed by atoms with Gasteiger partial charge in [0.15, 0.2) is 5.16 Å². The van der Waals surface area contributed by atoms with Gasteiger partial charge in [0, 0.05) is 31.6 Å². The number of thioether (sulfide) groups is 1. The lowest BCUT2D eigenvalue weighted by Crippen LogP contribution is -2.37. The van der Waals surface area contributed by atoms with Gasteiger partial charge in [-0.1, -0.05) is 55.9 Å². The van der Waals surface area contributed by atoms with Crippen molar-refractivity contribution in [2.75, 3.05) is 0 Å². The van der Waals surface area contributed by atoms with Gasteiger partial charge in [-0.05, 0) is 29.7 Å². The summed E-state index contributed by atoms with van der Waals surface area (Å²) in [6, 6.07) is 16.5. The Labute approximate surface area is 189 Å². The molecule has 0 aliphatic rings. The van der Waals surface area contributed by atoms with Crippen molar-refractivity contribution in [1.82, 2.24) is 18.7 Å². The first kappa shape index (κ1) is 21.8. The predicted octanol–water partition coefficient (Wildman–Crippen LogP) is 3.20. The molecule has 2 heterocycles. The Morgan fingerprint density at radius 2 is 1.62 bits per heavy atom. The molecule has 32 heavy (non-hydrogen) atoms. The van der Waals surface area contributed by atoms with Gasteiger partial charge in [0.05, 0.1) is 16.6 Å². The number of aromatic nitrogens is 4. The third kappa shape index (κ3) is 3.82. The first-order valence-corrected chi connectivity index (χ1v) is 11.3. The zero-order valence-electron chi connectivity index (χ0n) is 18.4. The predicted molar refractivity (Wildman–Crippen MR) is 128 cm³/mol. The average molecular weight is 449 g/mol. The van der Waals surface area contributed by atoms with Crippen molar-refractivity contribution < 1.29 is 0 Å². The summed E-state index contributed by atoms with van der Waals surface area (Å²) < 4.78 is 4.15. The van der Waals surface area contributed by atoms with E-state index < -0.39 is 0 Å². The van der Waals surface area contributed by atoms with Crippen molar-refractivity contribution >= 4 is 22.7 Å². The van der Waals surface area contributed by atoms with E-state index in [2.05, 4.69) is 13.8 Å². The molecule has 0 unspecified atom stereocenters. The highest BCUT2D eigenvalue weighted by Crippen LogP contribution is 2.28. The fourth-order valence-corrected chi connectivity index (χ4v) is 4.68. The van der Waals surface area contributed by atoms with Crippen molar-refractivity contribution in [2.24, 2.45) is 14.1 Å². The van der Waals surface area contributed by atoms with Crippen LogP contribution in [0.15, 0.2) is 74.1 Å². The van der Waals surface area contributed by atoms with Gasteiger partial charge in [0.2, 0.25) is 0 Å². The second-order valence-corrected chi connectivity index (χ2v) is 8.87. The van der Waals surface area contributed by atoms with E-state index in [0.29, 0.717) is 27.5 Å². The molecule has 164 valence electrons. The number of nitrogens with zero attached hydrogens (tertiary/aromatic N) is 4. The summed E-state index contributed by atoms with van der Waals surface area (Å²) in [5.74, 6) is 0.525. The first-order chi connectivity index (χ1) is 15.3. The van der Waals surface area contributed by atoms with Crippen molar-refractivity contribution in [3.8, 4) is 5.69 Å². The summed E-state index contributed by atoms with van der Waals surface area (Å²) in [4.78, 5) is 42.8. The number of benzene rings is 2. The van der Waals surface area contributed by atoms with Crippen LogP contribution in [0.3, 0.4) is 0 Å². The maximum absolute atomic E-state index is 13.6. The van der Waals surface area contributed by atoms with E-state index in [9.17, 15) is 14.4 Å². The lowest BCUT2D eigenvalue weighted by molar-refractivity contribution is 0.664. The van der Waals surface area contributed by atoms with Gasteiger partial charge in [0.1, 0.15) is 0 Å².